The molecule has 0 unspecified atom stereocenters. The standard InChI is InChI=1S/C12H17N3O2/c1-15(8-7-11(13)14-17)12(16)9-10-5-3-2-4-6-10/h2-6,17H,7-9H2,1H3,(H2,13,14). The minimum atomic E-state index is 0.0157. The van der Waals surface area contributed by atoms with Crippen molar-refractivity contribution in [3.8, 4) is 0 Å². The Bertz CT molecular complexity index is 390. The highest BCUT2D eigenvalue weighted by atomic mass is 16.4. The average molecular weight is 235 g/mol. The molecule has 5 heteroatoms. The van der Waals surface area contributed by atoms with Gasteiger partial charge in [0.05, 0.1) is 6.42 Å². The number of hydrogen-bond acceptors (Lipinski definition) is 3. The van der Waals surface area contributed by atoms with Gasteiger partial charge in [0, 0.05) is 20.0 Å². The Balaban J connectivity index is 2.42. The molecule has 17 heavy (non-hydrogen) atoms. The van der Waals surface area contributed by atoms with E-state index in [1.54, 1.807) is 11.9 Å². The highest BCUT2D eigenvalue weighted by molar-refractivity contribution is 5.82. The van der Waals surface area contributed by atoms with Crippen LogP contribution in [0.15, 0.2) is 35.5 Å². The summed E-state index contributed by atoms with van der Waals surface area (Å²) in [7, 11) is 1.70. The normalized spacial score (nSPS) is 11.2. The molecule has 0 aliphatic heterocycles. The second-order valence-electron chi connectivity index (χ2n) is 3.82. The smallest absolute Gasteiger partial charge is 0.226 e. The first-order valence-electron chi connectivity index (χ1n) is 5.37. The molecule has 1 rings (SSSR count). The van der Waals surface area contributed by atoms with Crippen LogP contribution in [0.2, 0.25) is 0 Å². The lowest BCUT2D eigenvalue weighted by atomic mass is 10.1. The van der Waals surface area contributed by atoms with Crippen LogP contribution in [0.5, 0.6) is 0 Å². The molecule has 0 radical (unpaired) electrons. The number of nitrogens with zero attached hydrogens (tertiary/aromatic N) is 2. The zero-order valence-corrected chi connectivity index (χ0v) is 9.84. The molecule has 0 fully saturated rings. The molecule has 0 aliphatic carbocycles. The van der Waals surface area contributed by atoms with Crippen LogP contribution in [0, 0.1) is 0 Å². The first-order chi connectivity index (χ1) is 8.13. The summed E-state index contributed by atoms with van der Waals surface area (Å²) in [5, 5.41) is 11.2. The van der Waals surface area contributed by atoms with E-state index >= 15 is 0 Å². The Morgan fingerprint density at radius 3 is 2.65 bits per heavy atom. The van der Waals surface area contributed by atoms with Crippen LogP contribution < -0.4 is 5.73 Å². The molecular formula is C12H17N3O2. The van der Waals surface area contributed by atoms with Crippen LogP contribution in [0.3, 0.4) is 0 Å². The van der Waals surface area contributed by atoms with Crippen molar-refractivity contribution in [1.82, 2.24) is 4.90 Å². The third-order valence-electron chi connectivity index (χ3n) is 2.46. The van der Waals surface area contributed by atoms with Crippen LogP contribution >= 0.6 is 0 Å². The van der Waals surface area contributed by atoms with Gasteiger partial charge in [-0.1, -0.05) is 35.5 Å². The molecular weight excluding hydrogens is 218 g/mol. The molecule has 0 aliphatic rings. The van der Waals surface area contributed by atoms with Crippen LogP contribution in [0.25, 0.3) is 0 Å². The Kier molecular flexibility index (Phi) is 5.00. The molecule has 92 valence electrons. The molecule has 0 saturated carbocycles. The molecule has 0 spiro atoms. The molecule has 1 aromatic rings. The topological polar surface area (TPSA) is 78.9 Å². The summed E-state index contributed by atoms with van der Waals surface area (Å²) in [4.78, 5) is 13.4. The molecule has 5 nitrogen and oxygen atoms in total. The van der Waals surface area contributed by atoms with Crippen LogP contribution in [-0.4, -0.2) is 35.4 Å². The van der Waals surface area contributed by atoms with Gasteiger partial charge < -0.3 is 15.8 Å². The van der Waals surface area contributed by atoms with Crippen molar-refractivity contribution < 1.29 is 10.0 Å². The molecule has 1 aromatic carbocycles. The maximum absolute atomic E-state index is 11.8. The third kappa shape index (κ3) is 4.55. The van der Waals surface area contributed by atoms with Crippen LogP contribution in [0.4, 0.5) is 0 Å². The zero-order valence-electron chi connectivity index (χ0n) is 9.84. The van der Waals surface area contributed by atoms with Gasteiger partial charge in [-0.3, -0.25) is 4.79 Å². The number of rotatable bonds is 5. The van der Waals surface area contributed by atoms with Gasteiger partial charge in [-0.15, -0.1) is 0 Å². The second-order valence-corrected chi connectivity index (χ2v) is 3.82. The summed E-state index contributed by atoms with van der Waals surface area (Å²) in [6, 6.07) is 9.54. The van der Waals surface area contributed by atoms with Gasteiger partial charge in [-0.25, -0.2) is 0 Å². The maximum atomic E-state index is 11.8. The SMILES string of the molecule is CN(CCC(N)=NO)C(=O)Cc1ccccc1. The van der Waals surface area contributed by atoms with E-state index in [4.69, 9.17) is 10.9 Å². The Hall–Kier alpha value is -2.04. The van der Waals surface area contributed by atoms with Crippen LogP contribution in [0.1, 0.15) is 12.0 Å². The third-order valence-corrected chi connectivity index (χ3v) is 2.46. The number of carbonyl (C=O) groups excluding carboxylic acids is 1. The summed E-state index contributed by atoms with van der Waals surface area (Å²) in [5.41, 5.74) is 6.32. The molecule has 0 heterocycles. The molecule has 0 bridgehead atoms. The van der Waals surface area contributed by atoms with Gasteiger partial charge in [0.1, 0.15) is 5.84 Å². The predicted molar refractivity (Wildman–Crippen MR) is 65.8 cm³/mol. The number of amides is 1. The van der Waals surface area contributed by atoms with E-state index in [0.29, 0.717) is 19.4 Å². The minimum Gasteiger partial charge on any atom is -0.409 e. The van der Waals surface area contributed by atoms with Crippen molar-refractivity contribution >= 4 is 11.7 Å². The summed E-state index contributed by atoms with van der Waals surface area (Å²) in [5.74, 6) is 0.145. The number of benzene rings is 1. The Morgan fingerprint density at radius 2 is 2.06 bits per heavy atom. The van der Waals surface area contributed by atoms with Crippen LogP contribution in [-0.2, 0) is 11.2 Å². The number of hydrogen-bond donors (Lipinski definition) is 2. The fourth-order valence-corrected chi connectivity index (χ4v) is 1.36. The summed E-state index contributed by atoms with van der Waals surface area (Å²) in [6.45, 7) is 0.446. The lowest BCUT2D eigenvalue weighted by molar-refractivity contribution is -0.129. The second kappa shape index (κ2) is 6.52. The van der Waals surface area contributed by atoms with E-state index < -0.39 is 0 Å². The number of amidine groups is 1. The van der Waals surface area contributed by atoms with E-state index in [1.807, 2.05) is 30.3 Å². The fraction of sp³-hybridized carbons (Fsp3) is 0.333. The number of carbonyl (C=O) groups is 1. The van der Waals surface area contributed by atoms with Crippen molar-refractivity contribution in [2.24, 2.45) is 10.9 Å². The average Bonchev–Trinajstić information content (AvgIpc) is 2.36. The van der Waals surface area contributed by atoms with Crippen molar-refractivity contribution in [1.29, 1.82) is 0 Å². The summed E-state index contributed by atoms with van der Waals surface area (Å²) < 4.78 is 0. The molecule has 1 amide bonds. The van der Waals surface area contributed by atoms with Gasteiger partial charge in [-0.2, -0.15) is 0 Å². The van der Waals surface area contributed by atoms with Gasteiger partial charge in [0.15, 0.2) is 0 Å². The summed E-state index contributed by atoms with van der Waals surface area (Å²) in [6.07, 6.45) is 0.737. The predicted octanol–water partition coefficient (Wildman–Crippen LogP) is 0.824. The largest absolute Gasteiger partial charge is 0.409 e. The zero-order chi connectivity index (χ0) is 12.7. The monoisotopic (exact) mass is 235 g/mol. The quantitative estimate of drug-likeness (QED) is 0.343. The molecule has 0 aromatic heterocycles. The first-order valence-corrected chi connectivity index (χ1v) is 5.37. The molecule has 0 atom stereocenters. The van der Waals surface area contributed by atoms with Crippen molar-refractivity contribution in [3.63, 3.8) is 0 Å². The van der Waals surface area contributed by atoms with E-state index in [-0.39, 0.29) is 11.7 Å². The number of likely N-dealkylation sites (N-methyl/N-ethyl adjacent to an activating group) is 1. The van der Waals surface area contributed by atoms with Gasteiger partial charge in [0.2, 0.25) is 5.91 Å². The number of oxime groups is 1. The Morgan fingerprint density at radius 1 is 1.41 bits per heavy atom. The van der Waals surface area contributed by atoms with E-state index in [2.05, 4.69) is 5.16 Å². The van der Waals surface area contributed by atoms with E-state index in [1.165, 1.54) is 0 Å². The maximum Gasteiger partial charge on any atom is 0.226 e. The van der Waals surface area contributed by atoms with Crippen molar-refractivity contribution in [2.45, 2.75) is 12.8 Å². The molecule has 0 saturated heterocycles. The van der Waals surface area contributed by atoms with E-state index in [0.717, 1.165) is 5.56 Å². The lowest BCUT2D eigenvalue weighted by Crippen LogP contribution is -2.31. The molecule has 3 N–H and O–H groups in total. The Labute approximate surface area is 101 Å². The highest BCUT2D eigenvalue weighted by Crippen LogP contribution is 2.02. The van der Waals surface area contributed by atoms with Gasteiger partial charge in [0.25, 0.3) is 0 Å². The summed E-state index contributed by atoms with van der Waals surface area (Å²) >= 11 is 0. The van der Waals surface area contributed by atoms with Gasteiger partial charge in [-0.05, 0) is 5.56 Å². The van der Waals surface area contributed by atoms with E-state index in [9.17, 15) is 4.79 Å². The first kappa shape index (κ1) is 13.0. The minimum absolute atomic E-state index is 0.0157. The van der Waals surface area contributed by atoms with Crippen molar-refractivity contribution in [2.75, 3.05) is 13.6 Å². The number of nitrogens with two attached hydrogens (primary N) is 1. The van der Waals surface area contributed by atoms with Crippen molar-refractivity contribution in [3.05, 3.63) is 35.9 Å². The van der Waals surface area contributed by atoms with Gasteiger partial charge >= 0.3 is 0 Å². The fourth-order valence-electron chi connectivity index (χ4n) is 1.36. The highest BCUT2D eigenvalue weighted by Gasteiger charge is 2.09. The lowest BCUT2D eigenvalue weighted by Gasteiger charge is -2.16.